The van der Waals surface area contributed by atoms with Crippen molar-refractivity contribution < 1.29 is 4.79 Å². The van der Waals surface area contributed by atoms with Gasteiger partial charge in [0.05, 0.1) is 0 Å². The number of benzene rings is 1. The molecule has 1 saturated carbocycles. The highest BCUT2D eigenvalue weighted by Crippen LogP contribution is 2.46. The lowest BCUT2D eigenvalue weighted by molar-refractivity contribution is 0.0953. The van der Waals surface area contributed by atoms with Crippen LogP contribution < -0.4 is 5.32 Å². The van der Waals surface area contributed by atoms with Gasteiger partial charge in [0.25, 0.3) is 5.91 Å². The summed E-state index contributed by atoms with van der Waals surface area (Å²) in [5.74, 6) is 0.0337. The minimum absolute atomic E-state index is 0.0337. The first kappa shape index (κ1) is 13.0. The maximum atomic E-state index is 11.9. The number of carbonyl (C=O) groups is 1. The quantitative estimate of drug-likeness (QED) is 0.846. The third kappa shape index (κ3) is 3.26. The van der Waals surface area contributed by atoms with E-state index in [2.05, 4.69) is 27.5 Å². The fraction of sp³-hybridized carbons (Fsp3) is 0.462. The molecular weight excluding hydrogens is 298 g/mol. The molecule has 1 aliphatic rings. The molecule has 1 aromatic rings. The van der Waals surface area contributed by atoms with Gasteiger partial charge in [-0.15, -0.1) is 0 Å². The van der Waals surface area contributed by atoms with Crippen LogP contribution in [0.3, 0.4) is 0 Å². The van der Waals surface area contributed by atoms with Gasteiger partial charge in [0.2, 0.25) is 0 Å². The minimum atomic E-state index is 0.0337. The predicted molar refractivity (Wildman–Crippen MR) is 76.9 cm³/mol. The lowest BCUT2D eigenvalue weighted by Gasteiger charge is -2.13. The number of thioether (sulfide) groups is 1. The lowest BCUT2D eigenvalue weighted by atomic mass is 10.1. The molecular formula is C13H16BrNOS. The van der Waals surface area contributed by atoms with E-state index in [1.54, 1.807) is 0 Å². The number of halogens is 1. The number of nitrogens with one attached hydrogen (secondary N) is 1. The van der Waals surface area contributed by atoms with Gasteiger partial charge in [-0.2, -0.15) is 11.8 Å². The average molecular weight is 314 g/mol. The second-order valence-electron chi connectivity index (χ2n) is 4.40. The highest BCUT2D eigenvalue weighted by molar-refractivity contribution is 9.08. The molecule has 0 atom stereocenters. The van der Waals surface area contributed by atoms with E-state index >= 15 is 0 Å². The van der Waals surface area contributed by atoms with E-state index in [0.717, 1.165) is 17.4 Å². The van der Waals surface area contributed by atoms with Crippen LogP contribution in [0.5, 0.6) is 0 Å². The van der Waals surface area contributed by atoms with Crippen LogP contribution in [0.1, 0.15) is 28.8 Å². The monoisotopic (exact) mass is 313 g/mol. The van der Waals surface area contributed by atoms with E-state index in [1.807, 2.05) is 36.0 Å². The Morgan fingerprint density at radius 3 is 2.53 bits per heavy atom. The van der Waals surface area contributed by atoms with Crippen LogP contribution in [0.4, 0.5) is 0 Å². The molecule has 92 valence electrons. The molecule has 0 spiro atoms. The Morgan fingerprint density at radius 2 is 2.06 bits per heavy atom. The van der Waals surface area contributed by atoms with Crippen LogP contribution in [0.25, 0.3) is 0 Å². The number of hydrogen-bond donors (Lipinski definition) is 1. The van der Waals surface area contributed by atoms with Crippen LogP contribution >= 0.6 is 27.7 Å². The number of hydrogen-bond acceptors (Lipinski definition) is 2. The van der Waals surface area contributed by atoms with Crippen LogP contribution in [0.2, 0.25) is 0 Å². The van der Waals surface area contributed by atoms with Crippen LogP contribution in [0.15, 0.2) is 24.3 Å². The summed E-state index contributed by atoms with van der Waals surface area (Å²) in [5, 5.41) is 3.84. The minimum Gasteiger partial charge on any atom is -0.351 e. The molecule has 1 aromatic carbocycles. The van der Waals surface area contributed by atoms with Crippen LogP contribution in [-0.2, 0) is 5.33 Å². The molecule has 1 fully saturated rings. The topological polar surface area (TPSA) is 29.1 Å². The molecule has 0 radical (unpaired) electrons. The van der Waals surface area contributed by atoms with Crippen molar-refractivity contribution in [2.45, 2.75) is 22.9 Å². The first-order valence-electron chi connectivity index (χ1n) is 5.67. The summed E-state index contributed by atoms with van der Waals surface area (Å²) in [6.07, 6.45) is 4.55. The maximum Gasteiger partial charge on any atom is 0.251 e. The molecule has 0 aliphatic heterocycles. The molecule has 0 heterocycles. The second-order valence-corrected chi connectivity index (χ2v) is 6.24. The molecule has 0 aromatic heterocycles. The Kier molecular flexibility index (Phi) is 4.15. The van der Waals surface area contributed by atoms with Gasteiger partial charge in [0.1, 0.15) is 0 Å². The average Bonchev–Trinajstić information content (AvgIpc) is 3.17. The normalized spacial score (nSPS) is 16.6. The van der Waals surface area contributed by atoms with Gasteiger partial charge in [0.15, 0.2) is 0 Å². The van der Waals surface area contributed by atoms with Crippen molar-refractivity contribution in [3.63, 3.8) is 0 Å². The summed E-state index contributed by atoms with van der Waals surface area (Å²) < 4.78 is 0.325. The molecule has 0 bridgehead atoms. The first-order chi connectivity index (χ1) is 8.19. The van der Waals surface area contributed by atoms with Gasteiger partial charge in [-0.05, 0) is 36.8 Å². The number of amides is 1. The predicted octanol–water partition coefficient (Wildman–Crippen LogP) is 3.21. The third-order valence-corrected chi connectivity index (χ3v) is 5.25. The third-order valence-electron chi connectivity index (χ3n) is 3.18. The van der Waals surface area contributed by atoms with E-state index < -0.39 is 0 Å². The Labute approximate surface area is 115 Å². The molecule has 2 rings (SSSR count). The molecule has 1 N–H and O–H groups in total. The van der Waals surface area contributed by atoms with Gasteiger partial charge < -0.3 is 5.32 Å². The van der Waals surface area contributed by atoms with Crippen molar-refractivity contribution in [3.05, 3.63) is 35.4 Å². The van der Waals surface area contributed by atoms with E-state index in [4.69, 9.17) is 0 Å². The highest BCUT2D eigenvalue weighted by Gasteiger charge is 2.41. The zero-order valence-corrected chi connectivity index (χ0v) is 12.2. The molecule has 17 heavy (non-hydrogen) atoms. The van der Waals surface area contributed by atoms with Gasteiger partial charge in [-0.1, -0.05) is 28.1 Å². The molecule has 4 heteroatoms. The van der Waals surface area contributed by atoms with Crippen molar-refractivity contribution in [2.75, 3.05) is 12.8 Å². The van der Waals surface area contributed by atoms with Crippen molar-refractivity contribution >= 4 is 33.6 Å². The first-order valence-corrected chi connectivity index (χ1v) is 8.02. The van der Waals surface area contributed by atoms with Gasteiger partial charge in [-0.3, -0.25) is 4.79 Å². The zero-order valence-electron chi connectivity index (χ0n) is 9.83. The van der Waals surface area contributed by atoms with Crippen molar-refractivity contribution in [1.29, 1.82) is 0 Å². The number of alkyl halides is 1. The van der Waals surface area contributed by atoms with Crippen LogP contribution in [0, 0.1) is 0 Å². The van der Waals surface area contributed by atoms with Gasteiger partial charge in [-0.25, -0.2) is 0 Å². The molecule has 0 unspecified atom stereocenters. The molecule has 1 aliphatic carbocycles. The van der Waals surface area contributed by atoms with Crippen LogP contribution in [-0.4, -0.2) is 23.5 Å². The summed E-state index contributed by atoms with van der Waals surface area (Å²) in [6, 6.07) is 7.71. The van der Waals surface area contributed by atoms with Gasteiger partial charge in [0, 0.05) is 22.2 Å². The fourth-order valence-electron chi connectivity index (χ4n) is 1.68. The standard InChI is InChI=1S/C13H16BrNOS/c1-17-13(6-7-13)9-15-12(16)11-4-2-10(8-14)3-5-11/h2-5H,6-9H2,1H3,(H,15,16). The Hall–Kier alpha value is -0.480. The summed E-state index contributed by atoms with van der Waals surface area (Å²) >= 11 is 5.25. The van der Waals surface area contributed by atoms with E-state index in [1.165, 1.54) is 18.4 Å². The maximum absolute atomic E-state index is 11.9. The summed E-state index contributed by atoms with van der Waals surface area (Å²) in [6.45, 7) is 0.785. The second kappa shape index (κ2) is 5.44. The fourth-order valence-corrected chi connectivity index (χ4v) is 2.78. The lowest BCUT2D eigenvalue weighted by Crippen LogP contribution is -2.31. The van der Waals surface area contributed by atoms with Crippen molar-refractivity contribution in [3.8, 4) is 0 Å². The SMILES string of the molecule is CSC1(CNC(=O)c2ccc(CBr)cc2)CC1. The van der Waals surface area contributed by atoms with E-state index in [-0.39, 0.29) is 5.91 Å². The molecule has 1 amide bonds. The zero-order chi connectivity index (χ0) is 12.3. The Balaban J connectivity index is 1.90. The Bertz CT molecular complexity index is 400. The highest BCUT2D eigenvalue weighted by atomic mass is 79.9. The molecule has 2 nitrogen and oxygen atoms in total. The van der Waals surface area contributed by atoms with Crippen molar-refractivity contribution in [2.24, 2.45) is 0 Å². The molecule has 0 saturated heterocycles. The summed E-state index contributed by atoms with van der Waals surface area (Å²) in [7, 11) is 0. The van der Waals surface area contributed by atoms with E-state index in [0.29, 0.717) is 4.75 Å². The summed E-state index contributed by atoms with van der Waals surface area (Å²) in [4.78, 5) is 11.9. The van der Waals surface area contributed by atoms with Crippen molar-refractivity contribution in [1.82, 2.24) is 5.32 Å². The Morgan fingerprint density at radius 1 is 1.41 bits per heavy atom. The van der Waals surface area contributed by atoms with E-state index in [9.17, 15) is 4.79 Å². The van der Waals surface area contributed by atoms with Gasteiger partial charge >= 0.3 is 0 Å². The summed E-state index contributed by atoms with van der Waals surface area (Å²) in [5.41, 5.74) is 1.93. The number of rotatable bonds is 5. The number of carbonyl (C=O) groups excluding carboxylic acids is 1. The largest absolute Gasteiger partial charge is 0.351 e. The smallest absolute Gasteiger partial charge is 0.251 e.